The Labute approximate surface area is 230 Å². The van der Waals surface area contributed by atoms with Crippen LogP contribution >= 0.6 is 0 Å². The van der Waals surface area contributed by atoms with Gasteiger partial charge in [0, 0.05) is 11.5 Å². The van der Waals surface area contributed by atoms with Crippen LogP contribution in [0.1, 0.15) is 72.9 Å². The van der Waals surface area contributed by atoms with Gasteiger partial charge in [0.1, 0.15) is 11.6 Å². The molecule has 0 saturated carbocycles. The minimum atomic E-state index is -0.235. The molecule has 39 heavy (non-hydrogen) atoms. The molecule has 0 aromatic heterocycles. The third-order valence-corrected chi connectivity index (χ3v) is 7.76. The number of hydrogen-bond acceptors (Lipinski definition) is 4. The molecule has 0 bridgehead atoms. The highest BCUT2D eigenvalue weighted by Gasteiger charge is 2.29. The van der Waals surface area contributed by atoms with Gasteiger partial charge < -0.3 is 14.4 Å². The average Bonchev–Trinajstić information content (AvgIpc) is 2.95. The van der Waals surface area contributed by atoms with Crippen LogP contribution in [-0.4, -0.2) is 44.0 Å². The monoisotopic (exact) mass is 535 g/mol. The smallest absolute Gasteiger partial charge is 0.161 e. The lowest BCUT2D eigenvalue weighted by Crippen LogP contribution is -2.36. The lowest BCUT2D eigenvalue weighted by molar-refractivity contribution is 0.101. The highest BCUT2D eigenvalue weighted by molar-refractivity contribution is 5.94. The van der Waals surface area contributed by atoms with Gasteiger partial charge in [-0.15, -0.1) is 0 Å². The molecule has 6 heteroatoms. The van der Waals surface area contributed by atoms with E-state index in [0.29, 0.717) is 29.6 Å². The number of unbranched alkanes of at least 4 members (excludes halogenated alkanes) is 3. The second-order valence-electron chi connectivity index (χ2n) is 10.4. The first kappa shape index (κ1) is 28.8. The van der Waals surface area contributed by atoms with Crippen molar-refractivity contribution in [2.75, 3.05) is 33.4 Å². The van der Waals surface area contributed by atoms with Gasteiger partial charge in [-0.3, -0.25) is 4.79 Å². The summed E-state index contributed by atoms with van der Waals surface area (Å²) < 4.78 is 38.4. The number of ketones is 1. The highest BCUT2D eigenvalue weighted by atomic mass is 19.1. The number of methoxy groups -OCH3 is 1. The van der Waals surface area contributed by atoms with Crippen LogP contribution in [0.2, 0.25) is 0 Å². The minimum absolute atomic E-state index is 0.00431. The normalized spacial score (nSPS) is 14.5. The molecule has 1 aliphatic heterocycles. The van der Waals surface area contributed by atoms with E-state index < -0.39 is 0 Å². The topological polar surface area (TPSA) is 38.8 Å². The van der Waals surface area contributed by atoms with Crippen LogP contribution in [-0.2, 0) is 0 Å². The molecule has 1 aliphatic rings. The van der Waals surface area contributed by atoms with Crippen molar-refractivity contribution in [3.05, 3.63) is 95.1 Å². The Morgan fingerprint density at radius 3 is 2.00 bits per heavy atom. The van der Waals surface area contributed by atoms with Crippen molar-refractivity contribution in [2.45, 2.75) is 51.4 Å². The van der Waals surface area contributed by atoms with E-state index in [9.17, 15) is 13.6 Å². The predicted octanol–water partition coefficient (Wildman–Crippen LogP) is 7.66. The number of hydrogen-bond donors (Lipinski definition) is 0. The average molecular weight is 536 g/mol. The van der Waals surface area contributed by atoms with Crippen LogP contribution in [0.25, 0.3) is 0 Å². The summed E-state index contributed by atoms with van der Waals surface area (Å²) in [6, 6.07) is 18.9. The number of benzene rings is 3. The summed E-state index contributed by atoms with van der Waals surface area (Å²) in [5, 5.41) is 0. The fourth-order valence-electron chi connectivity index (χ4n) is 5.57. The van der Waals surface area contributed by atoms with Crippen LogP contribution in [0, 0.1) is 17.6 Å². The molecule has 1 heterocycles. The van der Waals surface area contributed by atoms with Crippen molar-refractivity contribution in [3.63, 3.8) is 0 Å². The van der Waals surface area contributed by atoms with Gasteiger partial charge >= 0.3 is 0 Å². The Balaban J connectivity index is 1.18. The number of likely N-dealkylation sites (tertiary alicyclic amines) is 1. The molecule has 1 fully saturated rings. The number of ether oxygens (including phenoxy) is 2. The summed E-state index contributed by atoms with van der Waals surface area (Å²) in [7, 11) is 1.58. The molecule has 0 amide bonds. The van der Waals surface area contributed by atoms with E-state index in [4.69, 9.17) is 9.47 Å². The molecule has 0 radical (unpaired) electrons. The van der Waals surface area contributed by atoms with Gasteiger partial charge in [-0.05, 0) is 112 Å². The standard InChI is InChI=1S/C33H39F2NO3/c1-24(37)28-11-16-31(32(23-28)38-2)39-22-6-4-3-5-19-36-20-17-27(18-21-36)33(25-7-12-29(34)13-8-25)26-9-14-30(35)15-10-26/h7-16,23,27,33H,3-6,17-22H2,1-2H3. The highest BCUT2D eigenvalue weighted by Crippen LogP contribution is 2.38. The zero-order chi connectivity index (χ0) is 27.6. The summed E-state index contributed by atoms with van der Waals surface area (Å²) in [6.45, 7) is 5.34. The van der Waals surface area contributed by atoms with Crippen molar-refractivity contribution in [2.24, 2.45) is 5.92 Å². The summed E-state index contributed by atoms with van der Waals surface area (Å²) in [4.78, 5) is 14.1. The molecular weight excluding hydrogens is 496 g/mol. The molecule has 208 valence electrons. The number of rotatable bonds is 13. The van der Waals surface area contributed by atoms with E-state index >= 15 is 0 Å². The van der Waals surface area contributed by atoms with Gasteiger partial charge in [0.25, 0.3) is 0 Å². The number of piperidine rings is 1. The van der Waals surface area contributed by atoms with Crippen LogP contribution in [0.4, 0.5) is 8.78 Å². The van der Waals surface area contributed by atoms with E-state index in [1.165, 1.54) is 31.2 Å². The third-order valence-electron chi connectivity index (χ3n) is 7.76. The van der Waals surface area contributed by atoms with E-state index in [1.807, 2.05) is 24.3 Å². The maximum atomic E-state index is 13.6. The Morgan fingerprint density at radius 2 is 1.44 bits per heavy atom. The molecule has 0 unspecified atom stereocenters. The zero-order valence-electron chi connectivity index (χ0n) is 23.0. The van der Waals surface area contributed by atoms with Crippen LogP contribution in [0.15, 0.2) is 66.7 Å². The Kier molecular flexibility index (Phi) is 10.5. The SMILES string of the molecule is COc1cc(C(C)=O)ccc1OCCCCCCN1CCC(C(c2ccc(F)cc2)c2ccc(F)cc2)CC1. The minimum Gasteiger partial charge on any atom is -0.493 e. The number of carbonyl (C=O) groups is 1. The molecule has 0 spiro atoms. The fraction of sp³-hybridized carbons (Fsp3) is 0.424. The third kappa shape index (κ3) is 8.12. The number of Topliss-reactive ketones (excluding diaryl/α,β-unsaturated/α-hetero) is 1. The lowest BCUT2D eigenvalue weighted by Gasteiger charge is -2.36. The lowest BCUT2D eigenvalue weighted by atomic mass is 9.76. The largest absolute Gasteiger partial charge is 0.493 e. The van der Waals surface area contributed by atoms with Gasteiger partial charge in [-0.1, -0.05) is 37.1 Å². The molecule has 0 N–H and O–H groups in total. The molecule has 1 saturated heterocycles. The Hall–Kier alpha value is -3.25. The van der Waals surface area contributed by atoms with E-state index in [-0.39, 0.29) is 23.3 Å². The van der Waals surface area contributed by atoms with Gasteiger partial charge in [0.05, 0.1) is 13.7 Å². The second-order valence-corrected chi connectivity index (χ2v) is 10.4. The number of nitrogens with zero attached hydrogens (tertiary/aromatic N) is 1. The maximum absolute atomic E-state index is 13.6. The fourth-order valence-corrected chi connectivity index (χ4v) is 5.57. The Bertz CT molecular complexity index is 1140. The number of carbonyl (C=O) groups excluding carboxylic acids is 1. The van der Waals surface area contributed by atoms with Crippen molar-refractivity contribution in [1.82, 2.24) is 4.90 Å². The molecule has 3 aromatic carbocycles. The van der Waals surface area contributed by atoms with Gasteiger partial charge in [0.2, 0.25) is 0 Å². The van der Waals surface area contributed by atoms with Crippen LogP contribution in [0.5, 0.6) is 11.5 Å². The molecule has 4 nitrogen and oxygen atoms in total. The predicted molar refractivity (Wildman–Crippen MR) is 151 cm³/mol. The summed E-state index contributed by atoms with van der Waals surface area (Å²) in [6.07, 6.45) is 6.51. The summed E-state index contributed by atoms with van der Waals surface area (Å²) in [5.41, 5.74) is 2.80. The summed E-state index contributed by atoms with van der Waals surface area (Å²) >= 11 is 0. The molecule has 0 aliphatic carbocycles. The number of halogens is 2. The van der Waals surface area contributed by atoms with E-state index in [0.717, 1.165) is 69.3 Å². The van der Waals surface area contributed by atoms with Crippen molar-refractivity contribution >= 4 is 5.78 Å². The Morgan fingerprint density at radius 1 is 0.846 bits per heavy atom. The second kappa shape index (κ2) is 14.2. The molecule has 0 atom stereocenters. The first-order chi connectivity index (χ1) is 18.9. The van der Waals surface area contributed by atoms with Crippen LogP contribution in [0.3, 0.4) is 0 Å². The molecule has 3 aromatic rings. The first-order valence-electron chi connectivity index (χ1n) is 14.0. The quantitative estimate of drug-likeness (QED) is 0.166. The van der Waals surface area contributed by atoms with Crippen molar-refractivity contribution in [3.8, 4) is 11.5 Å². The first-order valence-corrected chi connectivity index (χ1v) is 14.0. The van der Waals surface area contributed by atoms with Gasteiger partial charge in [-0.2, -0.15) is 0 Å². The van der Waals surface area contributed by atoms with Gasteiger partial charge in [0.15, 0.2) is 17.3 Å². The maximum Gasteiger partial charge on any atom is 0.161 e. The zero-order valence-corrected chi connectivity index (χ0v) is 23.0. The van der Waals surface area contributed by atoms with E-state index in [1.54, 1.807) is 25.3 Å². The molecular formula is C33H39F2NO3. The van der Waals surface area contributed by atoms with Crippen molar-refractivity contribution in [1.29, 1.82) is 0 Å². The van der Waals surface area contributed by atoms with Crippen molar-refractivity contribution < 1.29 is 23.0 Å². The molecule has 4 rings (SSSR count). The summed E-state index contributed by atoms with van der Waals surface area (Å²) in [5.74, 6) is 1.38. The van der Waals surface area contributed by atoms with Gasteiger partial charge in [-0.25, -0.2) is 8.78 Å². The van der Waals surface area contributed by atoms with Crippen LogP contribution < -0.4 is 9.47 Å². The van der Waals surface area contributed by atoms with E-state index in [2.05, 4.69) is 4.90 Å².